The number of rotatable bonds is 10. The molecule has 0 saturated heterocycles. The Morgan fingerprint density at radius 3 is 2.26 bits per heavy atom. The van der Waals surface area contributed by atoms with Crippen molar-refractivity contribution in [3.63, 3.8) is 0 Å². The first kappa shape index (κ1) is 23.4. The van der Waals surface area contributed by atoms with Gasteiger partial charge in [0.25, 0.3) is 0 Å². The fourth-order valence-corrected chi connectivity index (χ4v) is 5.04. The predicted octanol–water partition coefficient (Wildman–Crippen LogP) is 4.15. The van der Waals surface area contributed by atoms with E-state index >= 15 is 0 Å². The van der Waals surface area contributed by atoms with Crippen molar-refractivity contribution in [1.29, 1.82) is 0 Å². The molecule has 0 saturated carbocycles. The smallest absolute Gasteiger partial charge is 0.242 e. The maximum atomic E-state index is 12.9. The molecule has 1 aliphatic rings. The molecule has 6 nitrogen and oxygen atoms in total. The molecule has 0 amide bonds. The molecule has 7 heteroatoms. The van der Waals surface area contributed by atoms with Crippen molar-refractivity contribution in [2.75, 3.05) is 27.3 Å². The fraction of sp³-hybridized carbons (Fsp3) is 0.458. The molecular formula is C24H32N2O4S. The van der Waals surface area contributed by atoms with Crippen molar-refractivity contribution in [2.24, 2.45) is 16.8 Å². The van der Waals surface area contributed by atoms with Gasteiger partial charge in [-0.05, 0) is 30.0 Å². The van der Waals surface area contributed by atoms with Crippen molar-refractivity contribution in [3.05, 3.63) is 66.2 Å². The average Bonchev–Trinajstić information content (AvgIpc) is 3.18. The lowest BCUT2D eigenvalue weighted by atomic mass is 9.92. The van der Waals surface area contributed by atoms with Crippen LogP contribution in [-0.4, -0.2) is 52.0 Å². The minimum absolute atomic E-state index is 0.0153. The van der Waals surface area contributed by atoms with Gasteiger partial charge >= 0.3 is 0 Å². The number of methoxy groups -OCH3 is 1. The largest absolute Gasteiger partial charge is 0.470 e. The Bertz CT molecular complexity index is 962. The van der Waals surface area contributed by atoms with Crippen LogP contribution in [-0.2, 0) is 19.5 Å². The van der Waals surface area contributed by atoms with Gasteiger partial charge in [-0.15, -0.1) is 0 Å². The molecule has 0 aromatic heterocycles. The number of sulfonamides is 1. The number of hydrogen-bond acceptors (Lipinski definition) is 5. The van der Waals surface area contributed by atoms with Gasteiger partial charge in [0.05, 0.1) is 11.5 Å². The second-order valence-electron chi connectivity index (χ2n) is 8.22. The number of hydrogen-bond donors (Lipinski definition) is 0. The summed E-state index contributed by atoms with van der Waals surface area (Å²) >= 11 is 0. The van der Waals surface area contributed by atoms with E-state index in [2.05, 4.69) is 13.8 Å². The van der Waals surface area contributed by atoms with Crippen LogP contribution < -0.4 is 0 Å². The third-order valence-corrected chi connectivity index (χ3v) is 7.56. The van der Waals surface area contributed by atoms with Gasteiger partial charge in [0.15, 0.2) is 5.90 Å². The van der Waals surface area contributed by atoms with Gasteiger partial charge in [-0.3, -0.25) is 0 Å². The van der Waals surface area contributed by atoms with Crippen LogP contribution in [0, 0.1) is 11.8 Å². The average molecular weight is 445 g/mol. The summed E-state index contributed by atoms with van der Waals surface area (Å²) in [6.45, 7) is 5.08. The highest BCUT2D eigenvalue weighted by atomic mass is 32.2. The van der Waals surface area contributed by atoms with Crippen LogP contribution >= 0.6 is 0 Å². The molecule has 0 radical (unpaired) electrons. The van der Waals surface area contributed by atoms with Gasteiger partial charge in [-0.1, -0.05) is 62.4 Å². The molecule has 2 aromatic carbocycles. The molecule has 0 bridgehead atoms. The molecule has 168 valence electrons. The summed E-state index contributed by atoms with van der Waals surface area (Å²) in [5, 5.41) is 0. The number of benzene rings is 2. The highest BCUT2D eigenvalue weighted by Gasteiger charge is 2.36. The van der Waals surface area contributed by atoms with Crippen LogP contribution in [0.2, 0.25) is 0 Å². The van der Waals surface area contributed by atoms with E-state index in [-0.39, 0.29) is 24.0 Å². The molecule has 0 fully saturated rings. The molecule has 1 heterocycles. The molecule has 1 unspecified atom stereocenters. The summed E-state index contributed by atoms with van der Waals surface area (Å²) < 4.78 is 38.9. The van der Waals surface area contributed by atoms with Gasteiger partial charge in [0, 0.05) is 26.6 Å². The van der Waals surface area contributed by atoms with E-state index < -0.39 is 10.0 Å². The van der Waals surface area contributed by atoms with Gasteiger partial charge in [0.1, 0.15) is 12.1 Å². The Balaban J connectivity index is 1.74. The zero-order valence-corrected chi connectivity index (χ0v) is 19.5. The number of aliphatic imine (C=N–C) groups is 1. The highest BCUT2D eigenvalue weighted by molar-refractivity contribution is 7.89. The Hall–Kier alpha value is -2.22. The van der Waals surface area contributed by atoms with E-state index in [1.165, 1.54) is 4.31 Å². The van der Waals surface area contributed by atoms with Gasteiger partial charge in [-0.25, -0.2) is 17.7 Å². The summed E-state index contributed by atoms with van der Waals surface area (Å²) in [4.78, 5) is 5.16. The Labute approximate surface area is 186 Å². The van der Waals surface area contributed by atoms with Crippen LogP contribution in [0.4, 0.5) is 0 Å². The van der Waals surface area contributed by atoms with Crippen molar-refractivity contribution in [2.45, 2.75) is 37.3 Å². The highest BCUT2D eigenvalue weighted by Crippen LogP contribution is 2.34. The molecule has 0 aliphatic carbocycles. The summed E-state index contributed by atoms with van der Waals surface area (Å²) in [7, 11) is -0.236. The summed E-state index contributed by atoms with van der Waals surface area (Å²) in [6, 6.07) is 18.4. The van der Waals surface area contributed by atoms with Crippen molar-refractivity contribution in [1.82, 2.24) is 4.31 Å². The van der Waals surface area contributed by atoms with Crippen LogP contribution in [0.15, 0.2) is 70.6 Å². The van der Waals surface area contributed by atoms with Crippen LogP contribution in [0.1, 0.15) is 31.9 Å². The Morgan fingerprint density at radius 1 is 1.06 bits per heavy atom. The summed E-state index contributed by atoms with van der Waals surface area (Å²) in [5.74, 6) is 0.960. The lowest BCUT2D eigenvalue weighted by molar-refractivity contribution is 0.115. The van der Waals surface area contributed by atoms with Crippen molar-refractivity contribution < 1.29 is 17.9 Å². The van der Waals surface area contributed by atoms with Gasteiger partial charge < -0.3 is 9.47 Å². The molecule has 3 rings (SSSR count). The molecule has 1 aliphatic heterocycles. The molecule has 3 atom stereocenters. The van der Waals surface area contributed by atoms with Gasteiger partial charge in [-0.2, -0.15) is 0 Å². The lowest BCUT2D eigenvalue weighted by Crippen LogP contribution is -2.32. The first-order valence-corrected chi connectivity index (χ1v) is 12.1. The van der Waals surface area contributed by atoms with Crippen LogP contribution in [0.3, 0.4) is 0 Å². The molecular weight excluding hydrogens is 412 g/mol. The second-order valence-corrected chi connectivity index (χ2v) is 10.3. The topological polar surface area (TPSA) is 68.2 Å². The van der Waals surface area contributed by atoms with Crippen LogP contribution in [0.5, 0.6) is 0 Å². The molecule has 0 N–H and O–H groups in total. The monoisotopic (exact) mass is 444 g/mol. The SMILES string of the molecule is COC[C@@H]1N=C(C(CCN(C)S(=O)(=O)c2ccccc2)C(C)C)O[C@H]1c1ccccc1. The third kappa shape index (κ3) is 5.53. The van der Waals surface area contributed by atoms with E-state index in [1.807, 2.05) is 36.4 Å². The van der Waals surface area contributed by atoms with E-state index in [9.17, 15) is 8.42 Å². The summed E-state index contributed by atoms with van der Waals surface area (Å²) in [5.41, 5.74) is 1.06. The maximum Gasteiger partial charge on any atom is 0.242 e. The van der Waals surface area contributed by atoms with Gasteiger partial charge in [0.2, 0.25) is 10.0 Å². The van der Waals surface area contributed by atoms with E-state index in [0.29, 0.717) is 30.4 Å². The Kier molecular flexibility index (Phi) is 7.86. The minimum Gasteiger partial charge on any atom is -0.470 e. The summed E-state index contributed by atoms with van der Waals surface area (Å²) in [6.07, 6.45) is 0.434. The second kappa shape index (κ2) is 10.4. The molecule has 31 heavy (non-hydrogen) atoms. The van der Waals surface area contributed by atoms with Crippen LogP contribution in [0.25, 0.3) is 0 Å². The minimum atomic E-state index is -3.52. The normalized spacial score (nSPS) is 20.0. The zero-order chi connectivity index (χ0) is 22.4. The van der Waals surface area contributed by atoms with Crippen molar-refractivity contribution in [3.8, 4) is 0 Å². The first-order valence-electron chi connectivity index (χ1n) is 10.6. The standard InChI is InChI=1S/C24H32N2O4S/c1-18(2)21(15-16-26(3)31(27,28)20-13-9-6-10-14-20)24-25-22(17-29-4)23(30-24)19-11-7-5-8-12-19/h5-14,18,21-23H,15-17H2,1-4H3/t21?,22-,23-/m0/s1. The maximum absolute atomic E-state index is 12.9. The molecule has 0 spiro atoms. The Morgan fingerprint density at radius 2 is 1.68 bits per heavy atom. The fourth-order valence-electron chi connectivity index (χ4n) is 3.84. The third-order valence-electron chi connectivity index (χ3n) is 5.68. The zero-order valence-electron chi connectivity index (χ0n) is 18.6. The number of nitrogens with zero attached hydrogens (tertiary/aromatic N) is 2. The number of ether oxygens (including phenoxy) is 2. The van der Waals surface area contributed by atoms with E-state index in [4.69, 9.17) is 14.5 Å². The molecule has 2 aromatic rings. The quantitative estimate of drug-likeness (QED) is 0.552. The lowest BCUT2D eigenvalue weighted by Gasteiger charge is -2.25. The van der Waals surface area contributed by atoms with E-state index in [1.54, 1.807) is 38.4 Å². The van der Waals surface area contributed by atoms with Crippen molar-refractivity contribution >= 4 is 15.9 Å². The predicted molar refractivity (Wildman–Crippen MR) is 123 cm³/mol. The first-order chi connectivity index (χ1) is 14.8. The van der Waals surface area contributed by atoms with E-state index in [0.717, 1.165) is 5.56 Å².